The van der Waals surface area contributed by atoms with Crippen LogP contribution in [0.1, 0.15) is 139 Å². The second-order valence-electron chi connectivity index (χ2n) is 22.3. The highest BCUT2D eigenvalue weighted by atomic mass is 35.5. The number of nitrogens with one attached hydrogen (secondary N) is 2. The van der Waals surface area contributed by atoms with E-state index in [4.69, 9.17) is 44.8 Å². The lowest BCUT2D eigenvalue weighted by molar-refractivity contribution is -0.164. The van der Waals surface area contributed by atoms with Crippen LogP contribution in [0.5, 0.6) is 0 Å². The monoisotopic (exact) mass is 1060 g/mol. The van der Waals surface area contributed by atoms with E-state index in [1.165, 1.54) is 12.1 Å². The van der Waals surface area contributed by atoms with Crippen molar-refractivity contribution in [2.75, 3.05) is 0 Å². The largest absolute Gasteiger partial charge is 0.351 e. The summed E-state index contributed by atoms with van der Waals surface area (Å²) in [7, 11) is 0. The smallest absolute Gasteiger partial charge is 0.249 e. The number of amides is 2. The molecule has 2 aliphatic rings. The predicted molar refractivity (Wildman–Crippen MR) is 291 cm³/mol. The van der Waals surface area contributed by atoms with Gasteiger partial charge in [0.1, 0.15) is 17.5 Å². The zero-order valence-electron chi connectivity index (χ0n) is 43.8. The van der Waals surface area contributed by atoms with Gasteiger partial charge in [-0.1, -0.05) is 136 Å². The van der Waals surface area contributed by atoms with Crippen molar-refractivity contribution < 1.29 is 22.8 Å². The Hall–Kier alpha value is -4.58. The molecule has 8 nitrogen and oxygen atoms in total. The van der Waals surface area contributed by atoms with Crippen molar-refractivity contribution in [1.29, 1.82) is 0 Å². The molecule has 392 valence electrons. The Bertz CT molecular complexity index is 2930. The highest BCUT2D eigenvalue weighted by Crippen LogP contribution is 2.59. The number of nitrogens with zero attached hydrogens (tertiary/aromatic N) is 4. The number of benzene rings is 4. The summed E-state index contributed by atoms with van der Waals surface area (Å²) in [6, 6.07) is 18.3. The van der Waals surface area contributed by atoms with Gasteiger partial charge in [0.15, 0.2) is 22.7 Å². The third kappa shape index (κ3) is 9.71. The highest BCUT2D eigenvalue weighted by Gasteiger charge is 2.72. The summed E-state index contributed by atoms with van der Waals surface area (Å²) >= 11 is 20.2. The Labute approximate surface area is 444 Å². The van der Waals surface area contributed by atoms with E-state index < -0.39 is 69.7 Å². The minimum atomic E-state index is -2.10. The first-order valence-electron chi connectivity index (χ1n) is 26.6. The highest BCUT2D eigenvalue weighted by molar-refractivity contribution is 6.31. The van der Waals surface area contributed by atoms with Crippen LogP contribution in [0.15, 0.2) is 72.8 Å². The van der Waals surface area contributed by atoms with Crippen molar-refractivity contribution in [3.8, 4) is 22.8 Å². The maximum Gasteiger partial charge on any atom is 0.249 e. The summed E-state index contributed by atoms with van der Waals surface area (Å²) in [5.41, 5.74) is -2.73. The SMILES string of the molecule is CCC(C)(CC)C(NC(=O)C(C1CCCCC1)(n1c(-c2ccc(Cl)cc2)nc2cc(F)c(Cl)cc21)C(C(=O)NC(C(C)C)C(C)C)(C1CCCCC1)n1c(-c2ccc(Cl)cc2)nc2cc(F)c(F)cc21)C(C)C. The summed E-state index contributed by atoms with van der Waals surface area (Å²) in [5, 5.41) is 8.15. The van der Waals surface area contributed by atoms with Crippen LogP contribution in [-0.2, 0) is 20.7 Å². The molecule has 14 heteroatoms. The molecule has 2 aliphatic carbocycles. The zero-order chi connectivity index (χ0) is 52.7. The molecule has 73 heavy (non-hydrogen) atoms. The number of carbonyl (C=O) groups is 2. The summed E-state index contributed by atoms with van der Waals surface area (Å²) in [6.45, 7) is 19.0. The molecular weight excluding hydrogens is 988 g/mol. The van der Waals surface area contributed by atoms with Crippen molar-refractivity contribution in [3.05, 3.63) is 105 Å². The second-order valence-corrected chi connectivity index (χ2v) is 23.6. The van der Waals surface area contributed by atoms with Crippen LogP contribution in [0.4, 0.5) is 13.2 Å². The van der Waals surface area contributed by atoms with E-state index in [0.29, 0.717) is 52.4 Å². The molecule has 0 saturated heterocycles. The number of hydrogen-bond donors (Lipinski definition) is 2. The van der Waals surface area contributed by atoms with Gasteiger partial charge in [-0.2, -0.15) is 0 Å². The molecule has 0 spiro atoms. The van der Waals surface area contributed by atoms with Crippen molar-refractivity contribution in [3.63, 3.8) is 0 Å². The molecule has 3 unspecified atom stereocenters. The van der Waals surface area contributed by atoms with E-state index in [2.05, 4.69) is 72.9 Å². The number of carbonyl (C=O) groups excluding carboxylic acids is 2. The predicted octanol–water partition coefficient (Wildman–Crippen LogP) is 16.1. The molecule has 4 aromatic carbocycles. The van der Waals surface area contributed by atoms with Gasteiger partial charge in [-0.25, -0.2) is 23.1 Å². The molecule has 0 bridgehead atoms. The lowest BCUT2D eigenvalue weighted by Gasteiger charge is -2.59. The molecule has 2 fully saturated rings. The van der Waals surface area contributed by atoms with Gasteiger partial charge in [0.2, 0.25) is 11.8 Å². The first-order valence-corrected chi connectivity index (χ1v) is 27.8. The first kappa shape index (κ1) is 54.7. The van der Waals surface area contributed by atoms with E-state index in [-0.39, 0.29) is 51.0 Å². The minimum absolute atomic E-state index is 0.0756. The molecular formula is C59H72Cl3F3N6O2. The molecule has 8 rings (SSSR count). The van der Waals surface area contributed by atoms with Gasteiger partial charge < -0.3 is 19.8 Å². The normalized spacial score (nSPS) is 17.5. The number of hydrogen-bond acceptors (Lipinski definition) is 4. The number of imidazole rings is 2. The van der Waals surface area contributed by atoms with Crippen molar-refractivity contribution >= 4 is 68.7 Å². The Balaban J connectivity index is 1.73. The fraction of sp³-hybridized carbons (Fsp3) is 0.525. The summed E-state index contributed by atoms with van der Waals surface area (Å²) in [6.07, 6.45) is 8.10. The lowest BCUT2D eigenvalue weighted by Crippen LogP contribution is -2.76. The quantitative estimate of drug-likeness (QED) is 0.0952. The van der Waals surface area contributed by atoms with Gasteiger partial charge in [-0.05, 0) is 128 Å². The third-order valence-corrected chi connectivity index (χ3v) is 17.8. The van der Waals surface area contributed by atoms with E-state index in [9.17, 15) is 0 Å². The minimum Gasteiger partial charge on any atom is -0.351 e. The standard InChI is InChI=1S/C59H72Cl3F3N6O2/c1-10-57(9,11-2)52(36(7)8)69-56(73)59(40-20-16-13-17-21-40,70-49-30-43(62)44(63)31-47(49)66-53(70)37-22-26-41(60)27-23-37)58(39-18-14-12-15-19-39,55(72)68-51(34(3)4)35(5)6)71-50-33-46(65)45(64)32-48(50)67-54(71)38-24-28-42(61)29-25-38/h22-36,39-40,51-52H,10-21H2,1-9H3,(H,68,72)(H,69,73). The molecule has 2 N–H and O–H groups in total. The van der Waals surface area contributed by atoms with Crippen LogP contribution in [0.25, 0.3) is 44.8 Å². The van der Waals surface area contributed by atoms with Crippen LogP contribution >= 0.6 is 34.8 Å². The molecule has 2 amide bonds. The Morgan fingerprint density at radius 1 is 0.589 bits per heavy atom. The van der Waals surface area contributed by atoms with Crippen molar-refractivity contribution in [1.82, 2.24) is 29.7 Å². The topological polar surface area (TPSA) is 93.8 Å². The van der Waals surface area contributed by atoms with Gasteiger partial charge in [0, 0.05) is 51.5 Å². The Morgan fingerprint density at radius 2 is 0.986 bits per heavy atom. The van der Waals surface area contributed by atoms with Gasteiger partial charge in [-0.3, -0.25) is 9.59 Å². The van der Waals surface area contributed by atoms with Crippen LogP contribution in [0.2, 0.25) is 15.1 Å². The maximum atomic E-state index is 18.0. The van der Waals surface area contributed by atoms with Crippen LogP contribution < -0.4 is 10.6 Å². The van der Waals surface area contributed by atoms with Crippen LogP contribution in [0, 0.1) is 52.5 Å². The van der Waals surface area contributed by atoms with E-state index in [0.717, 1.165) is 63.5 Å². The summed E-state index contributed by atoms with van der Waals surface area (Å²) < 4.78 is 52.5. The fourth-order valence-electron chi connectivity index (χ4n) is 13.2. The molecule has 2 saturated carbocycles. The maximum absolute atomic E-state index is 18.0. The molecule has 3 atom stereocenters. The number of fused-ring (bicyclic) bond motifs is 2. The van der Waals surface area contributed by atoms with E-state index >= 15 is 22.8 Å². The fourth-order valence-corrected chi connectivity index (χ4v) is 13.6. The molecule has 0 aliphatic heterocycles. The second kappa shape index (κ2) is 21.9. The zero-order valence-corrected chi connectivity index (χ0v) is 46.1. The summed E-state index contributed by atoms with van der Waals surface area (Å²) in [5.74, 6) is -4.85. The van der Waals surface area contributed by atoms with Gasteiger partial charge in [-0.15, -0.1) is 0 Å². The molecule has 2 aromatic heterocycles. The van der Waals surface area contributed by atoms with Crippen LogP contribution in [0.3, 0.4) is 0 Å². The lowest BCUT2D eigenvalue weighted by atomic mass is 9.55. The molecule has 0 radical (unpaired) electrons. The Kier molecular flexibility index (Phi) is 16.4. The number of aromatic nitrogens is 4. The summed E-state index contributed by atoms with van der Waals surface area (Å²) in [4.78, 5) is 46.4. The first-order chi connectivity index (χ1) is 34.7. The third-order valence-electron chi connectivity index (χ3n) is 17.0. The van der Waals surface area contributed by atoms with Crippen LogP contribution in [-0.4, -0.2) is 43.0 Å². The average Bonchev–Trinajstić information content (AvgIpc) is 3.92. The number of halogens is 6. The van der Waals surface area contributed by atoms with Gasteiger partial charge >= 0.3 is 0 Å². The van der Waals surface area contributed by atoms with Gasteiger partial charge in [0.25, 0.3) is 0 Å². The molecule has 6 aromatic rings. The van der Waals surface area contributed by atoms with Crippen molar-refractivity contribution in [2.24, 2.45) is 35.0 Å². The average molecular weight is 1060 g/mol. The van der Waals surface area contributed by atoms with E-state index in [1.54, 1.807) is 36.4 Å². The van der Waals surface area contributed by atoms with Crippen molar-refractivity contribution in [2.45, 2.75) is 163 Å². The Morgan fingerprint density at radius 3 is 1.40 bits per heavy atom. The van der Waals surface area contributed by atoms with Gasteiger partial charge in [0.05, 0.1) is 27.1 Å². The molecule has 2 heterocycles. The number of rotatable bonds is 17. The van der Waals surface area contributed by atoms with E-state index in [1.807, 2.05) is 21.3 Å².